The van der Waals surface area contributed by atoms with E-state index in [4.69, 9.17) is 5.11 Å². The molecule has 1 fully saturated rings. The zero-order chi connectivity index (χ0) is 13.6. The molecule has 0 aromatic heterocycles. The number of allylic oxidation sites excluding steroid dienone is 1. The van der Waals surface area contributed by atoms with Gasteiger partial charge in [0.2, 0.25) is 0 Å². The number of carboxylic acids is 1. The molecule has 104 valence electrons. The maximum Gasteiger partial charge on any atom is 0.307 e. The summed E-state index contributed by atoms with van der Waals surface area (Å²) in [7, 11) is -3.54. The first-order valence-corrected chi connectivity index (χ1v) is 7.50. The zero-order valence-corrected chi connectivity index (χ0v) is 11.3. The van der Waals surface area contributed by atoms with E-state index in [1.807, 2.05) is 19.1 Å². The standard InChI is InChI=1S/C11H20N2O4S/c1-2-3-4-7-12-18(16,17)13-8-5-6-10(9-13)11(14)15/h2-3,10,12H,4-9H2,1H3,(H,14,15)/b3-2+. The quantitative estimate of drug-likeness (QED) is 0.549. The summed E-state index contributed by atoms with van der Waals surface area (Å²) in [6, 6.07) is 0. The van der Waals surface area contributed by atoms with Gasteiger partial charge in [-0.1, -0.05) is 12.2 Å². The van der Waals surface area contributed by atoms with E-state index in [1.165, 1.54) is 4.31 Å². The molecule has 7 heteroatoms. The van der Waals surface area contributed by atoms with Crippen molar-refractivity contribution < 1.29 is 18.3 Å². The smallest absolute Gasteiger partial charge is 0.307 e. The minimum absolute atomic E-state index is 0.0638. The van der Waals surface area contributed by atoms with E-state index in [2.05, 4.69) is 4.72 Å². The minimum Gasteiger partial charge on any atom is -0.481 e. The first-order chi connectivity index (χ1) is 8.47. The third kappa shape index (κ3) is 4.40. The molecule has 1 aliphatic heterocycles. The van der Waals surface area contributed by atoms with Crippen LogP contribution in [0.1, 0.15) is 26.2 Å². The highest BCUT2D eigenvalue weighted by atomic mass is 32.2. The van der Waals surface area contributed by atoms with Gasteiger partial charge in [-0.05, 0) is 26.2 Å². The molecule has 0 saturated carbocycles. The fraction of sp³-hybridized carbons (Fsp3) is 0.727. The summed E-state index contributed by atoms with van der Waals surface area (Å²) in [5, 5.41) is 8.92. The molecule has 0 aromatic carbocycles. The molecule has 18 heavy (non-hydrogen) atoms. The van der Waals surface area contributed by atoms with Crippen molar-refractivity contribution in [2.45, 2.75) is 26.2 Å². The molecule has 0 spiro atoms. The van der Waals surface area contributed by atoms with Crippen LogP contribution in [0.4, 0.5) is 0 Å². The van der Waals surface area contributed by atoms with Crippen molar-refractivity contribution in [3.63, 3.8) is 0 Å². The van der Waals surface area contributed by atoms with Crippen molar-refractivity contribution >= 4 is 16.2 Å². The normalized spacial score (nSPS) is 22.4. The van der Waals surface area contributed by atoms with Gasteiger partial charge in [0.25, 0.3) is 10.2 Å². The molecule has 1 heterocycles. The average Bonchev–Trinajstić information content (AvgIpc) is 2.35. The van der Waals surface area contributed by atoms with Crippen LogP contribution >= 0.6 is 0 Å². The van der Waals surface area contributed by atoms with E-state index in [0.29, 0.717) is 32.4 Å². The molecule has 1 unspecified atom stereocenters. The molecule has 0 bridgehead atoms. The van der Waals surface area contributed by atoms with Crippen LogP contribution in [0, 0.1) is 5.92 Å². The Morgan fingerprint density at radius 2 is 2.28 bits per heavy atom. The first-order valence-electron chi connectivity index (χ1n) is 6.06. The van der Waals surface area contributed by atoms with Crippen LogP contribution in [0.25, 0.3) is 0 Å². The SMILES string of the molecule is C/C=C/CCNS(=O)(=O)N1CCCC(C(=O)O)C1. The molecule has 0 radical (unpaired) electrons. The van der Waals surface area contributed by atoms with Gasteiger partial charge >= 0.3 is 5.97 Å². The predicted molar refractivity (Wildman–Crippen MR) is 68.3 cm³/mol. The highest BCUT2D eigenvalue weighted by Crippen LogP contribution is 2.18. The van der Waals surface area contributed by atoms with E-state index in [0.717, 1.165) is 0 Å². The lowest BCUT2D eigenvalue weighted by Crippen LogP contribution is -2.47. The summed E-state index contributed by atoms with van der Waals surface area (Å²) in [6.07, 6.45) is 5.49. The van der Waals surface area contributed by atoms with Crippen LogP contribution in [-0.4, -0.2) is 43.4 Å². The summed E-state index contributed by atoms with van der Waals surface area (Å²) in [5.74, 6) is -1.52. The summed E-state index contributed by atoms with van der Waals surface area (Å²) in [5.41, 5.74) is 0. The van der Waals surface area contributed by atoms with Crippen molar-refractivity contribution in [2.75, 3.05) is 19.6 Å². The fourth-order valence-electron chi connectivity index (χ4n) is 1.89. The Bertz CT molecular complexity index is 405. The molecule has 0 amide bonds. The second-order valence-electron chi connectivity index (χ2n) is 4.29. The Morgan fingerprint density at radius 3 is 2.89 bits per heavy atom. The number of carboxylic acid groups (broad SMARTS) is 1. The molecule has 1 saturated heterocycles. The second kappa shape index (κ2) is 6.86. The number of hydrogen-bond acceptors (Lipinski definition) is 3. The Labute approximate surface area is 108 Å². The molecule has 0 aromatic rings. The summed E-state index contributed by atoms with van der Waals surface area (Å²) < 4.78 is 27.5. The van der Waals surface area contributed by atoms with Crippen LogP contribution < -0.4 is 4.72 Å². The molecular weight excluding hydrogens is 256 g/mol. The van der Waals surface area contributed by atoms with Crippen LogP contribution in [0.3, 0.4) is 0 Å². The number of rotatable bonds is 6. The molecule has 1 aliphatic rings. The highest BCUT2D eigenvalue weighted by Gasteiger charge is 2.31. The number of aliphatic carboxylic acids is 1. The third-order valence-corrected chi connectivity index (χ3v) is 4.48. The molecular formula is C11H20N2O4S. The lowest BCUT2D eigenvalue weighted by Gasteiger charge is -2.29. The van der Waals surface area contributed by atoms with Gasteiger partial charge in [0.1, 0.15) is 0 Å². The lowest BCUT2D eigenvalue weighted by atomic mass is 10.0. The number of piperidine rings is 1. The Kier molecular flexibility index (Phi) is 5.77. The van der Waals surface area contributed by atoms with Gasteiger partial charge in [0, 0.05) is 19.6 Å². The number of nitrogens with zero attached hydrogens (tertiary/aromatic N) is 1. The Balaban J connectivity index is 2.53. The summed E-state index contributed by atoms with van der Waals surface area (Å²) >= 11 is 0. The monoisotopic (exact) mass is 276 g/mol. The van der Waals surface area contributed by atoms with Crippen LogP contribution in [0.15, 0.2) is 12.2 Å². The number of carbonyl (C=O) groups is 1. The molecule has 1 atom stereocenters. The molecule has 1 rings (SSSR count). The Morgan fingerprint density at radius 1 is 1.56 bits per heavy atom. The topological polar surface area (TPSA) is 86.7 Å². The van der Waals surface area contributed by atoms with Gasteiger partial charge in [-0.25, -0.2) is 4.72 Å². The highest BCUT2D eigenvalue weighted by molar-refractivity contribution is 7.87. The van der Waals surface area contributed by atoms with E-state index >= 15 is 0 Å². The third-order valence-electron chi connectivity index (χ3n) is 2.90. The first kappa shape index (κ1) is 15.1. The van der Waals surface area contributed by atoms with Crippen LogP contribution in [-0.2, 0) is 15.0 Å². The van der Waals surface area contributed by atoms with Crippen LogP contribution in [0.5, 0.6) is 0 Å². The lowest BCUT2D eigenvalue weighted by molar-refractivity contribution is -0.142. The van der Waals surface area contributed by atoms with Gasteiger partial charge in [-0.2, -0.15) is 12.7 Å². The number of nitrogens with one attached hydrogen (secondary N) is 1. The molecule has 2 N–H and O–H groups in total. The molecule has 0 aliphatic carbocycles. The molecule has 6 nitrogen and oxygen atoms in total. The van der Waals surface area contributed by atoms with E-state index in [-0.39, 0.29) is 6.54 Å². The summed E-state index contributed by atoms with van der Waals surface area (Å²) in [6.45, 7) is 2.66. The van der Waals surface area contributed by atoms with Gasteiger partial charge in [-0.15, -0.1) is 0 Å². The largest absolute Gasteiger partial charge is 0.481 e. The minimum atomic E-state index is -3.54. The fourth-order valence-corrected chi connectivity index (χ4v) is 3.20. The predicted octanol–water partition coefficient (Wildman–Crippen LogP) is 0.584. The summed E-state index contributed by atoms with van der Waals surface area (Å²) in [4.78, 5) is 10.9. The number of hydrogen-bond donors (Lipinski definition) is 2. The zero-order valence-electron chi connectivity index (χ0n) is 10.5. The van der Waals surface area contributed by atoms with Gasteiger partial charge < -0.3 is 5.11 Å². The van der Waals surface area contributed by atoms with E-state index in [1.54, 1.807) is 0 Å². The Hall–Kier alpha value is -0.920. The van der Waals surface area contributed by atoms with Crippen molar-refractivity contribution in [3.05, 3.63) is 12.2 Å². The van der Waals surface area contributed by atoms with E-state index in [9.17, 15) is 13.2 Å². The maximum atomic E-state index is 11.9. The van der Waals surface area contributed by atoms with Gasteiger partial charge in [0.15, 0.2) is 0 Å². The second-order valence-corrected chi connectivity index (χ2v) is 6.05. The van der Waals surface area contributed by atoms with Gasteiger partial charge in [0.05, 0.1) is 5.92 Å². The average molecular weight is 276 g/mol. The van der Waals surface area contributed by atoms with Crippen molar-refractivity contribution in [1.82, 2.24) is 9.03 Å². The van der Waals surface area contributed by atoms with Crippen molar-refractivity contribution in [1.29, 1.82) is 0 Å². The van der Waals surface area contributed by atoms with Gasteiger partial charge in [-0.3, -0.25) is 4.79 Å². The maximum absolute atomic E-state index is 11.9. The van der Waals surface area contributed by atoms with E-state index < -0.39 is 22.1 Å². The van der Waals surface area contributed by atoms with Crippen molar-refractivity contribution in [3.8, 4) is 0 Å². The van der Waals surface area contributed by atoms with Crippen LogP contribution in [0.2, 0.25) is 0 Å². The van der Waals surface area contributed by atoms with Crippen molar-refractivity contribution in [2.24, 2.45) is 5.92 Å².